The first kappa shape index (κ1) is 44.2. The summed E-state index contributed by atoms with van der Waals surface area (Å²) in [6, 6.07) is 6.23. The fourth-order valence-electron chi connectivity index (χ4n) is 8.59. The van der Waals surface area contributed by atoms with Crippen molar-refractivity contribution in [2.75, 3.05) is 26.2 Å². The number of rotatable bonds is 8. The first-order chi connectivity index (χ1) is 27.6. The van der Waals surface area contributed by atoms with Crippen molar-refractivity contribution >= 4 is 90.6 Å². The fourth-order valence-corrected chi connectivity index (χ4v) is 10.4. The molecule has 1 N–H and O–H groups in total. The van der Waals surface area contributed by atoms with Crippen molar-refractivity contribution in [2.24, 2.45) is 11.8 Å². The number of benzene rings is 1. The van der Waals surface area contributed by atoms with Gasteiger partial charge >= 0.3 is 23.9 Å². The molecule has 1 aromatic carbocycles. The zero-order valence-corrected chi connectivity index (χ0v) is 37.4. The third-order valence-corrected chi connectivity index (χ3v) is 12.8. The van der Waals surface area contributed by atoms with E-state index in [2.05, 4.69) is 49.3 Å². The Hall–Kier alpha value is -3.38. The number of amides is 1. The quantitative estimate of drug-likeness (QED) is 0.194. The van der Waals surface area contributed by atoms with Crippen molar-refractivity contribution in [3.05, 3.63) is 60.7 Å². The number of nitrogens with zero attached hydrogens (tertiary/aromatic N) is 3. The number of nitrogens with one attached hydrogen (secondary N) is 1. The monoisotopic (exact) mass is 968 g/mol. The van der Waals surface area contributed by atoms with E-state index in [1.807, 2.05) is 22.1 Å². The van der Waals surface area contributed by atoms with E-state index in [1.165, 1.54) is 16.7 Å². The second kappa shape index (κ2) is 19.3. The Bertz CT molecular complexity index is 1930. The Kier molecular flexibility index (Phi) is 14.7. The van der Waals surface area contributed by atoms with Crippen molar-refractivity contribution in [1.82, 2.24) is 20.1 Å². The van der Waals surface area contributed by atoms with Gasteiger partial charge in [-0.2, -0.15) is 0 Å². The molecule has 0 radical (unpaired) electrons. The molecule has 1 aliphatic carbocycles. The molecular formula is C40H47Br2ClN4O10S. The number of carbonyl (C=O) groups excluding carboxylic acids is 5. The fraction of sp³-hybridized carbons (Fsp3) is 0.575. The number of ether oxygens (including phenoxy) is 5. The Balaban J connectivity index is 1.06. The van der Waals surface area contributed by atoms with Crippen LogP contribution in [0.25, 0.3) is 0 Å². The number of hydrogen-bond acceptors (Lipinski definition) is 12. The summed E-state index contributed by atoms with van der Waals surface area (Å²) in [5.41, 5.74) is 4.82. The van der Waals surface area contributed by atoms with Gasteiger partial charge in [-0.15, -0.1) is 0 Å². The smallest absolute Gasteiger partial charge is 0.305 e. The summed E-state index contributed by atoms with van der Waals surface area (Å²) in [7, 11) is 0. The van der Waals surface area contributed by atoms with Crippen LogP contribution in [-0.4, -0.2) is 107 Å². The normalized spacial score (nSPS) is 25.0. The van der Waals surface area contributed by atoms with Crippen LogP contribution in [0.4, 0.5) is 0 Å². The Morgan fingerprint density at radius 1 is 0.810 bits per heavy atom. The van der Waals surface area contributed by atoms with Gasteiger partial charge in [0.25, 0.3) is 0 Å². The van der Waals surface area contributed by atoms with Crippen LogP contribution >= 0.6 is 55.7 Å². The number of carbonyl (C=O) groups is 5. The van der Waals surface area contributed by atoms with Gasteiger partial charge in [0.1, 0.15) is 0 Å². The SMILES string of the molecule is CC(=O)O[C@H]1O[C@@H](NC(=S)N2CCC(CC(=O)N3CCC([C@H]4c5ncc(Br)cc5CCc5cc(Cl)cc(Br)c54)CC3)CC2)[C@H](OC(C)=O)[C@@H](OC(C)=O)[C@@H]1OC(C)=O. The molecule has 4 heterocycles. The van der Waals surface area contributed by atoms with Crippen LogP contribution < -0.4 is 5.32 Å². The number of aromatic nitrogens is 1. The molecule has 6 rings (SSSR count). The van der Waals surface area contributed by atoms with Gasteiger partial charge in [0.2, 0.25) is 18.3 Å². The number of likely N-dealkylation sites (tertiary alicyclic amines) is 2. The van der Waals surface area contributed by atoms with E-state index >= 15 is 0 Å². The molecule has 0 spiro atoms. The zero-order chi connectivity index (χ0) is 41.8. The van der Waals surface area contributed by atoms with E-state index < -0.39 is 54.7 Å². The van der Waals surface area contributed by atoms with Gasteiger partial charge in [-0.1, -0.05) is 27.5 Å². The Morgan fingerprint density at radius 3 is 2.03 bits per heavy atom. The molecule has 18 heteroatoms. The molecule has 14 nitrogen and oxygen atoms in total. The lowest BCUT2D eigenvalue weighted by atomic mass is 9.76. The predicted octanol–water partition coefficient (Wildman–Crippen LogP) is 5.75. The topological polar surface area (TPSA) is 163 Å². The second-order valence-electron chi connectivity index (χ2n) is 15.2. The van der Waals surface area contributed by atoms with Crippen LogP contribution in [0.2, 0.25) is 5.02 Å². The predicted molar refractivity (Wildman–Crippen MR) is 221 cm³/mol. The van der Waals surface area contributed by atoms with Gasteiger partial charge in [0.05, 0.1) is 5.69 Å². The molecule has 1 aromatic heterocycles. The molecule has 2 aromatic rings. The molecule has 1 amide bonds. The molecular weight excluding hydrogens is 924 g/mol. The number of thiocarbonyl (C=S) groups is 1. The summed E-state index contributed by atoms with van der Waals surface area (Å²) in [5.74, 6) is -2.32. The lowest BCUT2D eigenvalue weighted by Gasteiger charge is -2.45. The van der Waals surface area contributed by atoms with Crippen molar-refractivity contribution in [3.63, 3.8) is 0 Å². The van der Waals surface area contributed by atoms with Crippen LogP contribution in [-0.2, 0) is 60.5 Å². The van der Waals surface area contributed by atoms with Crippen molar-refractivity contribution in [1.29, 1.82) is 0 Å². The van der Waals surface area contributed by atoms with Crippen LogP contribution in [0, 0.1) is 11.8 Å². The molecule has 58 heavy (non-hydrogen) atoms. The molecule has 6 atom stereocenters. The first-order valence-electron chi connectivity index (χ1n) is 19.4. The van der Waals surface area contributed by atoms with E-state index in [1.54, 1.807) is 0 Å². The van der Waals surface area contributed by atoms with Gasteiger partial charge < -0.3 is 38.8 Å². The highest BCUT2D eigenvalue weighted by molar-refractivity contribution is 9.10. The van der Waals surface area contributed by atoms with E-state index in [0.29, 0.717) is 56.4 Å². The molecule has 0 unspecified atom stereocenters. The summed E-state index contributed by atoms with van der Waals surface area (Å²) >= 11 is 19.7. The maximum Gasteiger partial charge on any atom is 0.305 e. The van der Waals surface area contributed by atoms with E-state index in [-0.39, 0.29) is 22.9 Å². The molecule has 3 saturated heterocycles. The summed E-state index contributed by atoms with van der Waals surface area (Å²) in [4.78, 5) is 70.9. The van der Waals surface area contributed by atoms with E-state index in [0.717, 1.165) is 68.0 Å². The lowest BCUT2D eigenvalue weighted by molar-refractivity contribution is -0.298. The maximum atomic E-state index is 13.7. The first-order valence-corrected chi connectivity index (χ1v) is 21.7. The third-order valence-electron chi connectivity index (χ3n) is 11.1. The third kappa shape index (κ3) is 10.7. The molecule has 4 aliphatic rings. The van der Waals surface area contributed by atoms with Gasteiger partial charge in [-0.25, -0.2) is 0 Å². The average molecular weight is 971 g/mol. The van der Waals surface area contributed by atoms with Crippen molar-refractivity contribution in [3.8, 4) is 0 Å². The van der Waals surface area contributed by atoms with Gasteiger partial charge in [-0.3, -0.25) is 29.0 Å². The number of aryl methyl sites for hydroxylation is 2. The summed E-state index contributed by atoms with van der Waals surface area (Å²) in [5, 5.41) is 3.99. The van der Waals surface area contributed by atoms with Crippen LogP contribution in [0.3, 0.4) is 0 Å². The molecule has 3 fully saturated rings. The molecule has 3 aliphatic heterocycles. The van der Waals surface area contributed by atoms with Gasteiger partial charge in [-0.05, 0) is 113 Å². The van der Waals surface area contributed by atoms with Crippen LogP contribution in [0.1, 0.15) is 88.1 Å². The highest BCUT2D eigenvalue weighted by Gasteiger charge is 2.54. The number of piperidine rings is 2. The molecule has 0 bridgehead atoms. The number of hydrogen-bond donors (Lipinski definition) is 1. The minimum atomic E-state index is -1.52. The Labute approximate surface area is 364 Å². The van der Waals surface area contributed by atoms with Crippen molar-refractivity contribution < 1.29 is 47.7 Å². The highest BCUT2D eigenvalue weighted by Crippen LogP contribution is 2.46. The largest absolute Gasteiger partial charge is 0.454 e. The van der Waals surface area contributed by atoms with Gasteiger partial charge in [0, 0.05) is 86.4 Å². The highest BCUT2D eigenvalue weighted by atomic mass is 79.9. The Morgan fingerprint density at radius 2 is 1.40 bits per heavy atom. The van der Waals surface area contributed by atoms with E-state index in [9.17, 15) is 24.0 Å². The van der Waals surface area contributed by atoms with Crippen LogP contribution in [0.5, 0.6) is 0 Å². The zero-order valence-electron chi connectivity index (χ0n) is 32.7. The lowest BCUT2D eigenvalue weighted by Crippen LogP contribution is -2.66. The van der Waals surface area contributed by atoms with E-state index in [4.69, 9.17) is 52.5 Å². The van der Waals surface area contributed by atoms with Gasteiger partial charge in [0.15, 0.2) is 23.5 Å². The van der Waals surface area contributed by atoms with Crippen LogP contribution in [0.15, 0.2) is 33.3 Å². The maximum absolute atomic E-state index is 13.7. The molecule has 0 saturated carbocycles. The number of esters is 4. The number of pyridine rings is 1. The summed E-state index contributed by atoms with van der Waals surface area (Å²) < 4.78 is 29.5. The summed E-state index contributed by atoms with van der Waals surface area (Å²) in [6.45, 7) is 6.99. The minimum Gasteiger partial charge on any atom is -0.454 e. The second-order valence-corrected chi connectivity index (χ2v) is 17.8. The number of fused-ring (bicyclic) bond motifs is 2. The average Bonchev–Trinajstić information content (AvgIpc) is 3.30. The van der Waals surface area contributed by atoms with Crippen molar-refractivity contribution in [2.45, 2.75) is 109 Å². The minimum absolute atomic E-state index is 0.0879. The molecule has 314 valence electrons. The standard InChI is InChI=1S/C40H47Br2ClN4O10S/c1-20(48)53-35-36(54-21(2)49)38(57-39(56-23(4)51)37(35)55-22(3)50)45-40(58)47-11-7-24(8-12-47)15-31(52)46-13-9-25(10-14-46)33-32-26(17-29(43)18-30(32)42)5-6-27-16-28(41)19-44-34(27)33/h16-19,24-25,33,35-39H,5-15H2,1-4H3,(H,45,58)/t33-,35-,36-,37+,38-,39+/m1/s1. The summed E-state index contributed by atoms with van der Waals surface area (Å²) in [6.07, 6.45) is 0.247. The number of halogens is 3.